The first-order chi connectivity index (χ1) is 8.39. The van der Waals surface area contributed by atoms with E-state index < -0.39 is 15.6 Å². The number of nitrogens with one attached hydrogen (secondary N) is 1. The summed E-state index contributed by atoms with van der Waals surface area (Å²) >= 11 is 0. The molecule has 1 aliphatic carbocycles. The monoisotopic (exact) mass is 274 g/mol. The lowest BCUT2D eigenvalue weighted by Crippen LogP contribution is -2.37. The van der Waals surface area contributed by atoms with Crippen LogP contribution in [0.4, 0.5) is 0 Å². The van der Waals surface area contributed by atoms with Gasteiger partial charge >= 0.3 is 0 Å². The summed E-state index contributed by atoms with van der Waals surface area (Å²) in [5.41, 5.74) is -0.630. The molecule has 1 aliphatic rings. The highest BCUT2D eigenvalue weighted by Gasteiger charge is 2.30. The third-order valence-electron chi connectivity index (χ3n) is 3.20. The number of furan rings is 1. The SMILES string of the molecule is NS(=O)(=O)c1ccc(CNCC2(O)CCCC2)o1. The van der Waals surface area contributed by atoms with Crippen LogP contribution in [0.1, 0.15) is 31.4 Å². The maximum Gasteiger partial charge on any atom is 0.271 e. The number of nitrogens with two attached hydrogens (primary N) is 1. The van der Waals surface area contributed by atoms with Gasteiger partial charge < -0.3 is 14.8 Å². The maximum atomic E-state index is 11.0. The second kappa shape index (κ2) is 5.00. The molecular weight excluding hydrogens is 256 g/mol. The van der Waals surface area contributed by atoms with Crippen molar-refractivity contribution >= 4 is 10.0 Å². The summed E-state index contributed by atoms with van der Waals surface area (Å²) in [5, 5.41) is 17.9. The predicted molar refractivity (Wildman–Crippen MR) is 65.2 cm³/mol. The molecule has 0 aliphatic heterocycles. The van der Waals surface area contributed by atoms with Crippen LogP contribution in [-0.4, -0.2) is 25.7 Å². The van der Waals surface area contributed by atoms with E-state index in [1.165, 1.54) is 6.07 Å². The molecule has 0 amide bonds. The molecule has 4 N–H and O–H groups in total. The Hall–Kier alpha value is -0.890. The quantitative estimate of drug-likeness (QED) is 0.717. The van der Waals surface area contributed by atoms with Crippen LogP contribution in [0.15, 0.2) is 21.6 Å². The Morgan fingerprint density at radius 2 is 2.06 bits per heavy atom. The molecular formula is C11H18N2O4S. The Kier molecular flexibility index (Phi) is 3.76. The van der Waals surface area contributed by atoms with Gasteiger partial charge in [-0.15, -0.1) is 0 Å². The zero-order valence-electron chi connectivity index (χ0n) is 10.1. The predicted octanol–water partition coefficient (Wildman–Crippen LogP) is 0.322. The van der Waals surface area contributed by atoms with E-state index >= 15 is 0 Å². The van der Waals surface area contributed by atoms with Gasteiger partial charge in [-0.05, 0) is 25.0 Å². The highest BCUT2D eigenvalue weighted by molar-refractivity contribution is 7.89. The largest absolute Gasteiger partial charge is 0.447 e. The van der Waals surface area contributed by atoms with Crippen LogP contribution >= 0.6 is 0 Å². The molecule has 0 bridgehead atoms. The highest BCUT2D eigenvalue weighted by Crippen LogP contribution is 2.28. The van der Waals surface area contributed by atoms with Crippen molar-refractivity contribution in [3.63, 3.8) is 0 Å². The van der Waals surface area contributed by atoms with Crippen LogP contribution in [0.5, 0.6) is 0 Å². The van der Waals surface area contributed by atoms with Crippen LogP contribution in [0.3, 0.4) is 0 Å². The van der Waals surface area contributed by atoms with Crippen molar-refractivity contribution < 1.29 is 17.9 Å². The summed E-state index contributed by atoms with van der Waals surface area (Å²) in [6.07, 6.45) is 3.71. The molecule has 18 heavy (non-hydrogen) atoms. The van der Waals surface area contributed by atoms with E-state index in [2.05, 4.69) is 5.32 Å². The smallest absolute Gasteiger partial charge is 0.271 e. The Balaban J connectivity index is 1.85. The summed E-state index contributed by atoms with van der Waals surface area (Å²) in [6, 6.07) is 2.89. The summed E-state index contributed by atoms with van der Waals surface area (Å²) in [5.74, 6) is 0.487. The molecule has 102 valence electrons. The molecule has 0 aromatic carbocycles. The number of primary sulfonamides is 1. The minimum atomic E-state index is -3.78. The molecule has 0 spiro atoms. The van der Waals surface area contributed by atoms with Crippen molar-refractivity contribution in [2.24, 2.45) is 5.14 Å². The number of sulfonamides is 1. The fourth-order valence-electron chi connectivity index (χ4n) is 2.23. The Morgan fingerprint density at radius 1 is 1.39 bits per heavy atom. The normalized spacial score (nSPS) is 19.2. The first kappa shape index (κ1) is 13.5. The van der Waals surface area contributed by atoms with Gasteiger partial charge in [0.25, 0.3) is 10.0 Å². The van der Waals surface area contributed by atoms with Gasteiger partial charge in [0.1, 0.15) is 5.76 Å². The molecule has 1 aromatic heterocycles. The van der Waals surface area contributed by atoms with E-state index in [1.54, 1.807) is 6.07 Å². The molecule has 0 saturated heterocycles. The first-order valence-electron chi connectivity index (χ1n) is 5.94. The first-order valence-corrected chi connectivity index (χ1v) is 7.48. The van der Waals surface area contributed by atoms with Gasteiger partial charge in [0.2, 0.25) is 5.09 Å². The molecule has 1 aromatic rings. The summed E-state index contributed by atoms with van der Waals surface area (Å²) < 4.78 is 27.1. The second-order valence-corrected chi connectivity index (χ2v) is 6.29. The van der Waals surface area contributed by atoms with Gasteiger partial charge in [0.05, 0.1) is 12.1 Å². The number of hydrogen-bond donors (Lipinski definition) is 3. The number of aliphatic hydroxyl groups is 1. The van der Waals surface area contributed by atoms with Crippen molar-refractivity contribution in [3.8, 4) is 0 Å². The number of hydrogen-bond acceptors (Lipinski definition) is 5. The van der Waals surface area contributed by atoms with Gasteiger partial charge in [-0.2, -0.15) is 0 Å². The standard InChI is InChI=1S/C11H18N2O4S/c12-18(15,16)10-4-3-9(17-10)7-13-8-11(14)5-1-2-6-11/h3-4,13-14H,1-2,5-8H2,(H2,12,15,16). The zero-order chi connectivity index (χ0) is 13.2. The summed E-state index contributed by atoms with van der Waals surface area (Å²) in [4.78, 5) is 0. The van der Waals surface area contributed by atoms with Crippen LogP contribution < -0.4 is 10.5 Å². The molecule has 0 unspecified atom stereocenters. The van der Waals surface area contributed by atoms with Gasteiger partial charge in [-0.25, -0.2) is 13.6 Å². The second-order valence-electron chi connectivity index (χ2n) is 4.80. The van der Waals surface area contributed by atoms with Crippen molar-refractivity contribution in [2.75, 3.05) is 6.54 Å². The summed E-state index contributed by atoms with van der Waals surface area (Å²) in [6.45, 7) is 0.857. The van der Waals surface area contributed by atoms with E-state index in [1.807, 2.05) is 0 Å². The van der Waals surface area contributed by atoms with Crippen LogP contribution in [-0.2, 0) is 16.6 Å². The van der Waals surface area contributed by atoms with E-state index in [0.717, 1.165) is 25.7 Å². The molecule has 0 radical (unpaired) electrons. The van der Waals surface area contributed by atoms with Crippen molar-refractivity contribution in [1.82, 2.24) is 5.32 Å². The highest BCUT2D eigenvalue weighted by atomic mass is 32.2. The van der Waals surface area contributed by atoms with Gasteiger partial charge in [-0.1, -0.05) is 12.8 Å². The fraction of sp³-hybridized carbons (Fsp3) is 0.636. The number of rotatable bonds is 5. The topological polar surface area (TPSA) is 106 Å². The van der Waals surface area contributed by atoms with Gasteiger partial charge in [0, 0.05) is 6.54 Å². The maximum absolute atomic E-state index is 11.0. The molecule has 7 heteroatoms. The van der Waals surface area contributed by atoms with Gasteiger partial charge in [-0.3, -0.25) is 0 Å². The molecule has 6 nitrogen and oxygen atoms in total. The fourth-order valence-corrected chi connectivity index (χ4v) is 2.72. The average molecular weight is 274 g/mol. The lowest BCUT2D eigenvalue weighted by molar-refractivity contribution is 0.0470. The van der Waals surface area contributed by atoms with Gasteiger partial charge in [0.15, 0.2) is 0 Å². The van der Waals surface area contributed by atoms with Crippen molar-refractivity contribution in [1.29, 1.82) is 0 Å². The summed E-state index contributed by atoms with van der Waals surface area (Å²) in [7, 11) is -3.78. The lowest BCUT2D eigenvalue weighted by Gasteiger charge is -2.22. The van der Waals surface area contributed by atoms with E-state index in [4.69, 9.17) is 9.56 Å². The van der Waals surface area contributed by atoms with E-state index in [0.29, 0.717) is 18.8 Å². The molecule has 2 rings (SSSR count). The molecule has 1 fully saturated rings. The minimum absolute atomic E-state index is 0.237. The van der Waals surface area contributed by atoms with Crippen LogP contribution in [0.2, 0.25) is 0 Å². The van der Waals surface area contributed by atoms with E-state index in [9.17, 15) is 13.5 Å². The van der Waals surface area contributed by atoms with Crippen molar-refractivity contribution in [2.45, 2.75) is 42.9 Å². The lowest BCUT2D eigenvalue weighted by atomic mass is 10.0. The van der Waals surface area contributed by atoms with Crippen LogP contribution in [0.25, 0.3) is 0 Å². The average Bonchev–Trinajstić information content (AvgIpc) is 2.87. The Morgan fingerprint density at radius 3 is 2.61 bits per heavy atom. The Labute approximate surface area is 106 Å². The van der Waals surface area contributed by atoms with E-state index in [-0.39, 0.29) is 5.09 Å². The third kappa shape index (κ3) is 3.32. The molecule has 1 heterocycles. The molecule has 1 saturated carbocycles. The van der Waals surface area contributed by atoms with Crippen LogP contribution in [0, 0.1) is 0 Å². The zero-order valence-corrected chi connectivity index (χ0v) is 10.9. The van der Waals surface area contributed by atoms with Crippen molar-refractivity contribution in [3.05, 3.63) is 17.9 Å². The third-order valence-corrected chi connectivity index (χ3v) is 3.99. The minimum Gasteiger partial charge on any atom is -0.447 e. The Bertz CT molecular complexity index is 503. The molecule has 0 atom stereocenters.